The molecule has 4 heteroatoms. The Bertz CT molecular complexity index is 178. The molecule has 0 atom stereocenters. The lowest BCUT2D eigenvalue weighted by molar-refractivity contribution is -0.138. The van der Waals surface area contributed by atoms with E-state index in [1.165, 1.54) is 12.8 Å². The Kier molecular flexibility index (Phi) is 3.69. The van der Waals surface area contributed by atoms with Crippen LogP contribution >= 0.6 is 0 Å². The summed E-state index contributed by atoms with van der Waals surface area (Å²) in [5.41, 5.74) is 0.313. The van der Waals surface area contributed by atoms with Crippen molar-refractivity contribution in [3.63, 3.8) is 0 Å². The molecule has 0 heterocycles. The van der Waals surface area contributed by atoms with Crippen LogP contribution in [0.25, 0.3) is 0 Å². The zero-order valence-corrected chi connectivity index (χ0v) is 8.01. The summed E-state index contributed by atoms with van der Waals surface area (Å²) in [6.45, 7) is 2.00. The van der Waals surface area contributed by atoms with Crippen molar-refractivity contribution in [1.82, 2.24) is 5.32 Å². The van der Waals surface area contributed by atoms with Gasteiger partial charge in [0.15, 0.2) is 0 Å². The molecule has 1 aliphatic carbocycles. The number of rotatable bonds is 7. The minimum atomic E-state index is -0.793. The van der Waals surface area contributed by atoms with Crippen LogP contribution in [0.3, 0.4) is 0 Å². The van der Waals surface area contributed by atoms with Gasteiger partial charge in [-0.1, -0.05) is 0 Å². The van der Waals surface area contributed by atoms with Gasteiger partial charge in [-0.3, -0.25) is 4.79 Å². The van der Waals surface area contributed by atoms with Gasteiger partial charge in [0.1, 0.15) is 0 Å². The van der Waals surface area contributed by atoms with Gasteiger partial charge in [0.05, 0.1) is 19.6 Å². The average molecular weight is 187 g/mol. The Morgan fingerprint density at radius 1 is 1.62 bits per heavy atom. The lowest BCUT2D eigenvalue weighted by Crippen LogP contribution is -2.24. The highest BCUT2D eigenvalue weighted by atomic mass is 16.5. The number of carbonyl (C=O) groups is 1. The topological polar surface area (TPSA) is 58.6 Å². The van der Waals surface area contributed by atoms with Gasteiger partial charge in [-0.25, -0.2) is 0 Å². The second-order valence-electron chi connectivity index (χ2n) is 3.73. The summed E-state index contributed by atoms with van der Waals surface area (Å²) in [5.74, 6) is -0.793. The maximum Gasteiger partial charge on any atom is 0.305 e. The summed E-state index contributed by atoms with van der Waals surface area (Å²) in [7, 11) is 1.93. The Morgan fingerprint density at radius 3 is 2.77 bits per heavy atom. The Labute approximate surface area is 78.3 Å². The number of ether oxygens (including phenoxy) is 1. The fourth-order valence-electron chi connectivity index (χ4n) is 1.37. The summed E-state index contributed by atoms with van der Waals surface area (Å²) < 4.78 is 5.30. The van der Waals surface area contributed by atoms with Crippen LogP contribution in [0.2, 0.25) is 0 Å². The molecule has 4 nitrogen and oxygen atoms in total. The third-order valence-corrected chi connectivity index (χ3v) is 2.38. The van der Waals surface area contributed by atoms with Crippen LogP contribution in [0.1, 0.15) is 19.3 Å². The van der Waals surface area contributed by atoms with Gasteiger partial charge in [0, 0.05) is 12.0 Å². The molecule has 0 spiro atoms. The first kappa shape index (κ1) is 10.5. The fourth-order valence-corrected chi connectivity index (χ4v) is 1.37. The smallest absolute Gasteiger partial charge is 0.305 e. The van der Waals surface area contributed by atoms with E-state index in [4.69, 9.17) is 9.84 Å². The predicted octanol–water partition coefficient (Wildman–Crippen LogP) is 0.477. The molecule has 0 aromatic rings. The first-order valence-corrected chi connectivity index (χ1v) is 4.63. The number of hydrogen-bond donors (Lipinski definition) is 2. The van der Waals surface area contributed by atoms with Crippen molar-refractivity contribution in [2.45, 2.75) is 19.3 Å². The fraction of sp³-hybridized carbons (Fsp3) is 0.889. The van der Waals surface area contributed by atoms with E-state index >= 15 is 0 Å². The van der Waals surface area contributed by atoms with Crippen LogP contribution in [0.5, 0.6) is 0 Å². The number of aliphatic carboxylic acids is 1. The zero-order valence-electron chi connectivity index (χ0n) is 8.01. The monoisotopic (exact) mass is 187 g/mol. The van der Waals surface area contributed by atoms with Gasteiger partial charge >= 0.3 is 5.97 Å². The average Bonchev–Trinajstić information content (AvgIpc) is 2.80. The van der Waals surface area contributed by atoms with E-state index < -0.39 is 5.97 Å². The Hall–Kier alpha value is -0.610. The minimum absolute atomic E-state index is 0.107. The molecular formula is C9H17NO3. The van der Waals surface area contributed by atoms with Gasteiger partial charge in [-0.05, 0) is 19.9 Å². The van der Waals surface area contributed by atoms with Gasteiger partial charge in [-0.15, -0.1) is 0 Å². The molecule has 0 bridgehead atoms. The SMILES string of the molecule is CNCC1(COCCC(=O)O)CC1. The number of hydrogen-bond acceptors (Lipinski definition) is 3. The van der Waals surface area contributed by atoms with Crippen molar-refractivity contribution in [3.8, 4) is 0 Å². The lowest BCUT2D eigenvalue weighted by atomic mass is 10.1. The lowest BCUT2D eigenvalue weighted by Gasteiger charge is -2.13. The van der Waals surface area contributed by atoms with E-state index in [0.29, 0.717) is 18.6 Å². The summed E-state index contributed by atoms with van der Waals surface area (Å²) in [6, 6.07) is 0. The summed E-state index contributed by atoms with van der Waals surface area (Å²) >= 11 is 0. The molecule has 1 fully saturated rings. The molecule has 0 aliphatic heterocycles. The van der Waals surface area contributed by atoms with Crippen molar-refractivity contribution < 1.29 is 14.6 Å². The molecule has 1 rings (SSSR count). The van der Waals surface area contributed by atoms with Crippen LogP contribution in [0, 0.1) is 5.41 Å². The van der Waals surface area contributed by atoms with Crippen LogP contribution < -0.4 is 5.32 Å². The minimum Gasteiger partial charge on any atom is -0.481 e. The molecule has 0 saturated heterocycles. The van der Waals surface area contributed by atoms with E-state index in [0.717, 1.165) is 6.54 Å². The predicted molar refractivity (Wildman–Crippen MR) is 48.7 cm³/mol. The second kappa shape index (κ2) is 4.58. The molecule has 0 aromatic heterocycles. The van der Waals surface area contributed by atoms with Crippen LogP contribution in [0.15, 0.2) is 0 Å². The summed E-state index contributed by atoms with van der Waals surface area (Å²) in [6.07, 6.45) is 2.50. The zero-order chi connectivity index (χ0) is 9.73. The van der Waals surface area contributed by atoms with Gasteiger partial charge < -0.3 is 15.2 Å². The third kappa shape index (κ3) is 3.74. The van der Waals surface area contributed by atoms with Gasteiger partial charge in [0.25, 0.3) is 0 Å². The number of carboxylic acids is 1. The molecule has 2 N–H and O–H groups in total. The Balaban J connectivity index is 2.02. The summed E-state index contributed by atoms with van der Waals surface area (Å²) in [4.78, 5) is 10.2. The maximum absolute atomic E-state index is 10.2. The van der Waals surface area contributed by atoms with E-state index in [2.05, 4.69) is 5.32 Å². The van der Waals surface area contributed by atoms with Crippen molar-refractivity contribution in [3.05, 3.63) is 0 Å². The van der Waals surface area contributed by atoms with E-state index in [1.54, 1.807) is 0 Å². The third-order valence-electron chi connectivity index (χ3n) is 2.38. The quantitative estimate of drug-likeness (QED) is 0.569. The molecule has 1 aliphatic rings. The Morgan fingerprint density at radius 2 is 2.31 bits per heavy atom. The number of nitrogens with one attached hydrogen (secondary N) is 1. The normalized spacial score (nSPS) is 18.5. The maximum atomic E-state index is 10.2. The van der Waals surface area contributed by atoms with E-state index in [-0.39, 0.29) is 6.42 Å². The standard InChI is InChI=1S/C9H17NO3/c1-10-6-9(3-4-9)7-13-5-2-8(11)12/h10H,2-7H2,1H3,(H,11,12). The van der Waals surface area contributed by atoms with Crippen LogP contribution in [-0.2, 0) is 9.53 Å². The molecule has 1 saturated carbocycles. The molecule has 0 aromatic carbocycles. The van der Waals surface area contributed by atoms with Crippen molar-refractivity contribution in [1.29, 1.82) is 0 Å². The highest BCUT2D eigenvalue weighted by Crippen LogP contribution is 2.45. The number of carboxylic acid groups (broad SMARTS) is 1. The molecule has 0 radical (unpaired) electrons. The first-order valence-electron chi connectivity index (χ1n) is 4.63. The van der Waals surface area contributed by atoms with Crippen LogP contribution in [0.4, 0.5) is 0 Å². The molecule has 76 valence electrons. The molecule has 0 amide bonds. The second-order valence-corrected chi connectivity index (χ2v) is 3.73. The van der Waals surface area contributed by atoms with Crippen LogP contribution in [-0.4, -0.2) is 37.9 Å². The van der Waals surface area contributed by atoms with E-state index in [9.17, 15) is 4.79 Å². The van der Waals surface area contributed by atoms with Gasteiger partial charge in [-0.2, -0.15) is 0 Å². The molecule has 13 heavy (non-hydrogen) atoms. The first-order chi connectivity index (χ1) is 6.18. The largest absolute Gasteiger partial charge is 0.481 e. The van der Waals surface area contributed by atoms with Gasteiger partial charge in [0.2, 0.25) is 0 Å². The van der Waals surface area contributed by atoms with Crippen molar-refractivity contribution in [2.75, 3.05) is 26.8 Å². The highest BCUT2D eigenvalue weighted by molar-refractivity contribution is 5.66. The van der Waals surface area contributed by atoms with Crippen molar-refractivity contribution in [2.24, 2.45) is 5.41 Å². The molecular weight excluding hydrogens is 170 g/mol. The molecule has 0 unspecified atom stereocenters. The summed E-state index contributed by atoms with van der Waals surface area (Å²) in [5, 5.41) is 11.5. The van der Waals surface area contributed by atoms with E-state index in [1.807, 2.05) is 7.05 Å². The highest BCUT2D eigenvalue weighted by Gasteiger charge is 2.41. The van der Waals surface area contributed by atoms with Crippen molar-refractivity contribution >= 4 is 5.97 Å².